The van der Waals surface area contributed by atoms with Gasteiger partial charge in [0, 0.05) is 24.2 Å². The molecule has 0 aliphatic carbocycles. The Bertz CT molecular complexity index is 981. The van der Waals surface area contributed by atoms with Crippen LogP contribution in [0.2, 0.25) is 5.02 Å². The standard InChI is InChI=1S/C21H19ClN4O2/c22-20-9-5-4-6-16(20)10-11-21(27)25-13-18(14-25)26-12-17(23-24-26)15-28-19-7-2-1-3-8-19/h1-12,18H,13-15H2. The Balaban J connectivity index is 1.27. The van der Waals surface area contributed by atoms with Crippen LogP contribution in [0, 0.1) is 0 Å². The molecule has 4 rings (SSSR count). The molecule has 2 heterocycles. The maximum absolute atomic E-state index is 12.3. The lowest BCUT2D eigenvalue weighted by Crippen LogP contribution is -2.50. The van der Waals surface area contributed by atoms with E-state index >= 15 is 0 Å². The maximum Gasteiger partial charge on any atom is 0.246 e. The molecule has 1 aliphatic heterocycles. The van der Waals surface area contributed by atoms with Crippen LogP contribution in [0.1, 0.15) is 17.3 Å². The number of ether oxygens (including phenoxy) is 1. The smallest absolute Gasteiger partial charge is 0.246 e. The third-order valence-electron chi connectivity index (χ3n) is 4.55. The molecule has 2 aromatic carbocycles. The van der Waals surface area contributed by atoms with E-state index in [9.17, 15) is 4.79 Å². The number of carbonyl (C=O) groups excluding carboxylic acids is 1. The van der Waals surface area contributed by atoms with Gasteiger partial charge in [-0.2, -0.15) is 0 Å². The topological polar surface area (TPSA) is 60.2 Å². The number of hydrogen-bond donors (Lipinski definition) is 0. The molecule has 1 saturated heterocycles. The normalized spacial score (nSPS) is 14.2. The minimum atomic E-state index is -0.0380. The van der Waals surface area contributed by atoms with Gasteiger partial charge in [0.1, 0.15) is 18.1 Å². The molecule has 1 aromatic heterocycles. The lowest BCUT2D eigenvalue weighted by atomic mass is 10.1. The van der Waals surface area contributed by atoms with Crippen molar-refractivity contribution in [2.45, 2.75) is 12.6 Å². The quantitative estimate of drug-likeness (QED) is 0.599. The number of halogens is 1. The van der Waals surface area contributed by atoms with Gasteiger partial charge in [-0.1, -0.05) is 53.2 Å². The van der Waals surface area contributed by atoms with Gasteiger partial charge in [-0.25, -0.2) is 4.68 Å². The Morgan fingerprint density at radius 1 is 1.14 bits per heavy atom. The van der Waals surface area contributed by atoms with Crippen molar-refractivity contribution in [1.29, 1.82) is 0 Å². The second-order valence-corrected chi connectivity index (χ2v) is 6.95. The fourth-order valence-electron chi connectivity index (χ4n) is 2.91. The summed E-state index contributed by atoms with van der Waals surface area (Å²) in [5, 5.41) is 8.93. The van der Waals surface area contributed by atoms with Gasteiger partial charge >= 0.3 is 0 Å². The van der Waals surface area contributed by atoms with E-state index in [1.54, 1.807) is 27.8 Å². The van der Waals surface area contributed by atoms with Gasteiger partial charge in [-0.05, 0) is 29.8 Å². The summed E-state index contributed by atoms with van der Waals surface area (Å²) < 4.78 is 7.48. The van der Waals surface area contributed by atoms with E-state index < -0.39 is 0 Å². The molecule has 1 aliphatic rings. The van der Waals surface area contributed by atoms with Crippen molar-refractivity contribution in [2.75, 3.05) is 13.1 Å². The molecule has 142 valence electrons. The molecule has 7 heteroatoms. The highest BCUT2D eigenvalue weighted by molar-refractivity contribution is 6.32. The maximum atomic E-state index is 12.3. The molecule has 0 unspecified atom stereocenters. The third-order valence-corrected chi connectivity index (χ3v) is 4.89. The van der Waals surface area contributed by atoms with Crippen molar-refractivity contribution >= 4 is 23.6 Å². The lowest BCUT2D eigenvalue weighted by molar-refractivity contribution is -0.131. The summed E-state index contributed by atoms with van der Waals surface area (Å²) in [5.41, 5.74) is 1.58. The van der Waals surface area contributed by atoms with Crippen LogP contribution in [0.3, 0.4) is 0 Å². The van der Waals surface area contributed by atoms with Gasteiger partial charge in [0.25, 0.3) is 0 Å². The zero-order valence-corrected chi connectivity index (χ0v) is 15.9. The summed E-state index contributed by atoms with van der Waals surface area (Å²) in [6.45, 7) is 1.57. The molecule has 1 amide bonds. The molecule has 0 spiro atoms. The molecule has 0 saturated carbocycles. The number of benzene rings is 2. The van der Waals surface area contributed by atoms with Crippen molar-refractivity contribution in [2.24, 2.45) is 0 Å². The minimum Gasteiger partial charge on any atom is -0.487 e. The summed E-state index contributed by atoms with van der Waals surface area (Å²) in [6, 6.07) is 17.1. The molecule has 0 radical (unpaired) electrons. The van der Waals surface area contributed by atoms with Crippen LogP contribution in [-0.4, -0.2) is 38.9 Å². The monoisotopic (exact) mass is 394 g/mol. The number of nitrogens with zero attached hydrogens (tertiary/aromatic N) is 4. The summed E-state index contributed by atoms with van der Waals surface area (Å²) >= 11 is 6.10. The van der Waals surface area contributed by atoms with Gasteiger partial charge in [-0.15, -0.1) is 5.10 Å². The number of likely N-dealkylation sites (tertiary alicyclic amines) is 1. The molecular formula is C21H19ClN4O2. The van der Waals surface area contributed by atoms with Crippen molar-refractivity contribution in [3.8, 4) is 5.75 Å². The van der Waals surface area contributed by atoms with Gasteiger partial charge in [-0.3, -0.25) is 4.79 Å². The Hall–Kier alpha value is -3.12. The van der Waals surface area contributed by atoms with Gasteiger partial charge in [0.05, 0.1) is 12.2 Å². The highest BCUT2D eigenvalue weighted by Gasteiger charge is 2.31. The fourth-order valence-corrected chi connectivity index (χ4v) is 3.11. The van der Waals surface area contributed by atoms with Crippen LogP contribution in [-0.2, 0) is 11.4 Å². The minimum absolute atomic E-state index is 0.0380. The van der Waals surface area contributed by atoms with Gasteiger partial charge in [0.2, 0.25) is 5.91 Å². The number of aromatic nitrogens is 3. The predicted molar refractivity (Wildman–Crippen MR) is 107 cm³/mol. The van der Waals surface area contributed by atoms with Crippen LogP contribution in [0.4, 0.5) is 0 Å². The van der Waals surface area contributed by atoms with Crippen LogP contribution in [0.25, 0.3) is 6.08 Å². The van der Waals surface area contributed by atoms with Crippen LogP contribution < -0.4 is 4.74 Å². The first-order valence-electron chi connectivity index (χ1n) is 8.99. The highest BCUT2D eigenvalue weighted by Crippen LogP contribution is 2.22. The summed E-state index contributed by atoms with van der Waals surface area (Å²) in [6.07, 6.45) is 5.17. The van der Waals surface area contributed by atoms with Crippen molar-refractivity contribution in [1.82, 2.24) is 19.9 Å². The zero-order valence-electron chi connectivity index (χ0n) is 15.1. The van der Waals surface area contributed by atoms with Crippen molar-refractivity contribution in [3.63, 3.8) is 0 Å². The largest absolute Gasteiger partial charge is 0.487 e. The first-order valence-corrected chi connectivity index (χ1v) is 9.37. The number of hydrogen-bond acceptors (Lipinski definition) is 4. The average molecular weight is 395 g/mol. The fraction of sp³-hybridized carbons (Fsp3) is 0.190. The average Bonchev–Trinajstić information content (AvgIpc) is 3.14. The number of carbonyl (C=O) groups is 1. The van der Waals surface area contributed by atoms with Crippen LogP contribution in [0.5, 0.6) is 5.75 Å². The van der Waals surface area contributed by atoms with Gasteiger partial charge < -0.3 is 9.64 Å². The van der Waals surface area contributed by atoms with E-state index in [1.807, 2.05) is 54.7 Å². The third kappa shape index (κ3) is 4.23. The second kappa shape index (κ2) is 8.27. The first-order chi connectivity index (χ1) is 13.7. The lowest BCUT2D eigenvalue weighted by Gasteiger charge is -2.38. The van der Waals surface area contributed by atoms with E-state index in [-0.39, 0.29) is 11.9 Å². The highest BCUT2D eigenvalue weighted by atomic mass is 35.5. The molecule has 6 nitrogen and oxygen atoms in total. The SMILES string of the molecule is O=C(C=Cc1ccccc1Cl)N1CC(n2cc(COc3ccccc3)nn2)C1. The van der Waals surface area contributed by atoms with Crippen molar-refractivity contribution in [3.05, 3.63) is 83.2 Å². The molecule has 0 atom stereocenters. The second-order valence-electron chi connectivity index (χ2n) is 6.54. The Labute approximate surface area is 168 Å². The van der Waals surface area contributed by atoms with E-state index in [4.69, 9.17) is 16.3 Å². The Morgan fingerprint density at radius 3 is 2.68 bits per heavy atom. The molecule has 1 fully saturated rings. The van der Waals surface area contributed by atoms with Gasteiger partial charge in [0.15, 0.2) is 0 Å². The Morgan fingerprint density at radius 2 is 1.89 bits per heavy atom. The van der Waals surface area contributed by atoms with E-state index in [1.165, 1.54) is 0 Å². The molecule has 0 N–H and O–H groups in total. The summed E-state index contributed by atoms with van der Waals surface area (Å²) in [5.74, 6) is 0.756. The van der Waals surface area contributed by atoms with E-state index in [2.05, 4.69) is 10.3 Å². The molecular weight excluding hydrogens is 376 g/mol. The number of rotatable bonds is 6. The van der Waals surface area contributed by atoms with Crippen molar-refractivity contribution < 1.29 is 9.53 Å². The Kier molecular flexibility index (Phi) is 5.39. The van der Waals surface area contributed by atoms with E-state index in [0.29, 0.717) is 24.7 Å². The predicted octanol–water partition coefficient (Wildman–Crippen LogP) is 3.61. The van der Waals surface area contributed by atoms with E-state index in [0.717, 1.165) is 17.0 Å². The molecule has 3 aromatic rings. The van der Waals surface area contributed by atoms with Crippen LogP contribution >= 0.6 is 11.6 Å². The van der Waals surface area contributed by atoms with Crippen LogP contribution in [0.15, 0.2) is 66.9 Å². The first kappa shape index (κ1) is 18.3. The molecule has 28 heavy (non-hydrogen) atoms. The summed E-state index contributed by atoms with van der Waals surface area (Å²) in [7, 11) is 0. The number of para-hydroxylation sites is 1. The zero-order chi connectivity index (χ0) is 19.3. The summed E-state index contributed by atoms with van der Waals surface area (Å²) in [4.78, 5) is 14.0. The molecule has 0 bridgehead atoms. The number of amides is 1.